The number of para-hydroxylation sites is 2. The van der Waals surface area contributed by atoms with Gasteiger partial charge in [0.25, 0.3) is 5.91 Å². The molecule has 0 aliphatic rings. The Morgan fingerprint density at radius 2 is 1.72 bits per heavy atom. The summed E-state index contributed by atoms with van der Waals surface area (Å²) in [6.45, 7) is 2.66. The number of nitrogen functional groups attached to an aromatic ring is 1. The Bertz CT molecular complexity index is 1400. The highest BCUT2D eigenvalue weighted by atomic mass is 16.5. The van der Waals surface area contributed by atoms with Gasteiger partial charge in [-0.2, -0.15) is 9.78 Å². The fourth-order valence-corrected chi connectivity index (χ4v) is 3.95. The molecule has 0 saturated heterocycles. The molecule has 0 spiro atoms. The third kappa shape index (κ3) is 4.74. The Morgan fingerprint density at radius 1 is 1.06 bits per heavy atom. The van der Waals surface area contributed by atoms with Crippen LogP contribution in [0.1, 0.15) is 42.1 Å². The lowest BCUT2D eigenvalue weighted by atomic mass is 10.2. The van der Waals surface area contributed by atoms with Crippen LogP contribution in [0.3, 0.4) is 0 Å². The van der Waals surface area contributed by atoms with E-state index in [1.807, 2.05) is 24.3 Å². The molecule has 0 bridgehead atoms. The van der Waals surface area contributed by atoms with Gasteiger partial charge in [-0.1, -0.05) is 31.9 Å². The number of nitrogens with two attached hydrogens (primary N) is 1. The largest absolute Gasteiger partial charge is 0.493 e. The molecule has 1 amide bonds. The van der Waals surface area contributed by atoms with Gasteiger partial charge in [0.05, 0.1) is 38.6 Å². The first-order valence-electron chi connectivity index (χ1n) is 11.7. The van der Waals surface area contributed by atoms with E-state index in [4.69, 9.17) is 29.9 Å². The first kappa shape index (κ1) is 24.8. The van der Waals surface area contributed by atoms with Crippen LogP contribution >= 0.6 is 0 Å². The smallest absolute Gasteiger partial charge is 0.257 e. The van der Waals surface area contributed by atoms with Crippen molar-refractivity contribution >= 4 is 40.1 Å². The van der Waals surface area contributed by atoms with Gasteiger partial charge in [-0.05, 0) is 30.7 Å². The zero-order chi connectivity index (χ0) is 25.7. The summed E-state index contributed by atoms with van der Waals surface area (Å²) < 4.78 is 17.7. The maximum atomic E-state index is 13.1. The summed E-state index contributed by atoms with van der Waals surface area (Å²) in [7, 11) is 4.63. The molecular weight excluding hydrogens is 460 g/mol. The van der Waals surface area contributed by atoms with E-state index < -0.39 is 0 Å². The Kier molecular flexibility index (Phi) is 7.53. The third-order valence-corrected chi connectivity index (χ3v) is 5.78. The number of fused-ring (bicyclic) bond motifs is 2. The van der Waals surface area contributed by atoms with Gasteiger partial charge >= 0.3 is 0 Å². The molecule has 2 heterocycles. The van der Waals surface area contributed by atoms with Crippen molar-refractivity contribution in [1.29, 1.82) is 0 Å². The van der Waals surface area contributed by atoms with Gasteiger partial charge in [0.1, 0.15) is 16.9 Å². The molecule has 188 valence electrons. The maximum absolute atomic E-state index is 13.1. The van der Waals surface area contributed by atoms with Gasteiger partial charge < -0.3 is 25.3 Å². The van der Waals surface area contributed by atoms with E-state index in [0.29, 0.717) is 51.6 Å². The molecular formula is C26H30N6O4. The van der Waals surface area contributed by atoms with Crippen molar-refractivity contribution in [3.8, 4) is 17.2 Å². The number of anilines is 1. The lowest BCUT2D eigenvalue weighted by Crippen LogP contribution is -2.25. The number of rotatable bonds is 10. The van der Waals surface area contributed by atoms with Gasteiger partial charge in [0, 0.05) is 12.1 Å². The number of benzene rings is 2. The minimum absolute atomic E-state index is 0.150. The normalized spacial score (nSPS) is 11.3. The van der Waals surface area contributed by atoms with Crippen LogP contribution in [0.4, 0.5) is 5.82 Å². The summed E-state index contributed by atoms with van der Waals surface area (Å²) >= 11 is 0. The van der Waals surface area contributed by atoms with Crippen LogP contribution < -0.4 is 25.3 Å². The van der Waals surface area contributed by atoms with Gasteiger partial charge in [-0.3, -0.25) is 4.79 Å². The molecule has 4 rings (SSSR count). The van der Waals surface area contributed by atoms with Crippen LogP contribution in [0.2, 0.25) is 0 Å². The average molecular weight is 491 g/mol. The zero-order valence-electron chi connectivity index (χ0n) is 20.9. The van der Waals surface area contributed by atoms with E-state index in [0.717, 1.165) is 19.3 Å². The van der Waals surface area contributed by atoms with Crippen molar-refractivity contribution in [2.45, 2.75) is 26.2 Å². The molecule has 0 fully saturated rings. The summed E-state index contributed by atoms with van der Waals surface area (Å²) in [5, 5.41) is 7.51. The average Bonchev–Trinajstić information content (AvgIpc) is 3.17. The maximum Gasteiger partial charge on any atom is 0.257 e. The number of methoxy groups -OCH3 is 3. The minimum Gasteiger partial charge on any atom is -0.493 e. The number of nitrogens with one attached hydrogen (secondary N) is 1. The minimum atomic E-state index is -0.306. The molecule has 36 heavy (non-hydrogen) atoms. The summed E-state index contributed by atoms with van der Waals surface area (Å²) in [4.78, 5) is 22.6. The summed E-state index contributed by atoms with van der Waals surface area (Å²) in [5.74, 6) is 1.29. The van der Waals surface area contributed by atoms with Gasteiger partial charge in [-0.25, -0.2) is 9.97 Å². The van der Waals surface area contributed by atoms with Crippen LogP contribution in [-0.2, 0) is 0 Å². The SMILES string of the molecule is CCCCCNC(=O)c1c(N)n(/N=C\c2cc(OC)c(OC)c(OC)c2)c2nc3ccccc3nc12. The molecule has 0 aliphatic carbocycles. The third-order valence-electron chi connectivity index (χ3n) is 5.78. The number of amides is 1. The molecule has 2 aromatic carbocycles. The highest BCUT2D eigenvalue weighted by Gasteiger charge is 2.24. The first-order chi connectivity index (χ1) is 17.5. The number of carbonyl (C=O) groups is 1. The molecule has 0 radical (unpaired) electrons. The van der Waals surface area contributed by atoms with Crippen molar-refractivity contribution in [3.63, 3.8) is 0 Å². The van der Waals surface area contributed by atoms with Crippen LogP contribution in [-0.4, -0.2) is 54.6 Å². The number of carbonyl (C=O) groups excluding carboxylic acids is 1. The van der Waals surface area contributed by atoms with Crippen LogP contribution in [0.15, 0.2) is 41.5 Å². The summed E-state index contributed by atoms with van der Waals surface area (Å²) in [6, 6.07) is 11.0. The predicted molar refractivity (Wildman–Crippen MR) is 140 cm³/mol. The fourth-order valence-electron chi connectivity index (χ4n) is 3.95. The molecule has 10 heteroatoms. The molecule has 10 nitrogen and oxygen atoms in total. The summed E-state index contributed by atoms with van der Waals surface area (Å²) in [5.41, 5.74) is 9.50. The monoisotopic (exact) mass is 490 g/mol. The van der Waals surface area contributed by atoms with Crippen LogP contribution in [0, 0.1) is 0 Å². The van der Waals surface area contributed by atoms with Crippen molar-refractivity contribution < 1.29 is 19.0 Å². The van der Waals surface area contributed by atoms with E-state index in [2.05, 4.69) is 17.3 Å². The van der Waals surface area contributed by atoms with Crippen LogP contribution in [0.25, 0.3) is 22.2 Å². The second-order valence-electron chi connectivity index (χ2n) is 8.12. The molecule has 0 saturated carbocycles. The van der Waals surface area contributed by atoms with Crippen molar-refractivity contribution in [1.82, 2.24) is 20.0 Å². The zero-order valence-corrected chi connectivity index (χ0v) is 20.9. The lowest BCUT2D eigenvalue weighted by Gasteiger charge is -2.12. The molecule has 3 N–H and O–H groups in total. The standard InChI is InChI=1S/C26H30N6O4/c1-5-6-9-12-28-26(33)21-22-25(31-18-11-8-7-10-17(18)30-22)32(24(21)27)29-15-16-13-19(34-2)23(36-4)20(14-16)35-3/h7-8,10-11,13-15H,5-6,9,12,27H2,1-4H3,(H,28,33)/b29-15-. The molecule has 0 unspecified atom stereocenters. The van der Waals surface area contributed by atoms with E-state index >= 15 is 0 Å². The number of unbranched alkanes of at least 4 members (excludes halogenated alkanes) is 2. The van der Waals surface area contributed by atoms with E-state index in [1.54, 1.807) is 39.7 Å². The van der Waals surface area contributed by atoms with Gasteiger partial charge in [0.2, 0.25) is 5.75 Å². The highest BCUT2D eigenvalue weighted by molar-refractivity contribution is 6.10. The number of nitrogens with zero attached hydrogens (tertiary/aromatic N) is 4. The second kappa shape index (κ2) is 10.9. The number of hydrogen-bond acceptors (Lipinski definition) is 8. The van der Waals surface area contributed by atoms with Crippen molar-refractivity contribution in [3.05, 3.63) is 47.5 Å². The second-order valence-corrected chi connectivity index (χ2v) is 8.12. The molecule has 4 aromatic rings. The first-order valence-corrected chi connectivity index (χ1v) is 11.7. The van der Waals surface area contributed by atoms with E-state index in [1.165, 1.54) is 4.68 Å². The fraction of sp³-hybridized carbons (Fsp3) is 0.308. The Balaban J connectivity index is 1.82. The number of ether oxygens (including phenoxy) is 3. The van der Waals surface area contributed by atoms with Gasteiger partial charge in [0.15, 0.2) is 17.1 Å². The lowest BCUT2D eigenvalue weighted by molar-refractivity contribution is 0.0955. The quantitative estimate of drug-likeness (QED) is 0.254. The van der Waals surface area contributed by atoms with E-state index in [9.17, 15) is 4.79 Å². The highest BCUT2D eigenvalue weighted by Crippen LogP contribution is 2.38. The van der Waals surface area contributed by atoms with E-state index in [-0.39, 0.29) is 17.3 Å². The number of aromatic nitrogens is 3. The molecule has 2 aromatic heterocycles. The van der Waals surface area contributed by atoms with Crippen molar-refractivity contribution in [2.24, 2.45) is 5.10 Å². The molecule has 0 atom stereocenters. The summed E-state index contributed by atoms with van der Waals surface area (Å²) in [6.07, 6.45) is 4.56. The topological polar surface area (TPSA) is 126 Å². The Morgan fingerprint density at radius 3 is 2.33 bits per heavy atom. The Hall–Kier alpha value is -4.34. The van der Waals surface area contributed by atoms with Crippen LogP contribution in [0.5, 0.6) is 17.2 Å². The molecule has 0 aliphatic heterocycles. The predicted octanol–water partition coefficient (Wildman–Crippen LogP) is 3.99. The Labute approximate surface area is 209 Å². The van der Waals surface area contributed by atoms with Crippen molar-refractivity contribution in [2.75, 3.05) is 33.6 Å². The van der Waals surface area contributed by atoms with Gasteiger partial charge in [-0.15, -0.1) is 0 Å². The number of hydrogen-bond donors (Lipinski definition) is 2.